The van der Waals surface area contributed by atoms with Gasteiger partial charge in [-0.15, -0.1) is 0 Å². The first kappa shape index (κ1) is 49.0. The first-order valence-corrected chi connectivity index (χ1v) is 22.2. The van der Waals surface area contributed by atoms with E-state index in [1.54, 1.807) is 0 Å². The molecule has 0 N–H and O–H groups in total. The van der Waals surface area contributed by atoms with Crippen LogP contribution in [0.3, 0.4) is 0 Å². The Balaban J connectivity index is 4.36. The van der Waals surface area contributed by atoms with Gasteiger partial charge in [-0.25, -0.2) is 0 Å². The summed E-state index contributed by atoms with van der Waals surface area (Å²) in [5.41, 5.74) is 0. The molecule has 2 atom stereocenters. The minimum Gasteiger partial charge on any atom is -0.756 e. The zero-order valence-electron chi connectivity index (χ0n) is 33.4. The van der Waals surface area contributed by atoms with Crippen molar-refractivity contribution in [2.75, 3.05) is 47.5 Å². The van der Waals surface area contributed by atoms with Crippen molar-refractivity contribution >= 4 is 19.8 Å². The highest BCUT2D eigenvalue weighted by Gasteiger charge is 2.21. The highest BCUT2D eigenvalue weighted by atomic mass is 31.2. The molecule has 0 saturated carbocycles. The van der Waals surface area contributed by atoms with E-state index in [9.17, 15) is 19.0 Å². The summed E-state index contributed by atoms with van der Waals surface area (Å²) < 4.78 is 33.8. The van der Waals surface area contributed by atoms with Crippen LogP contribution >= 0.6 is 7.82 Å². The summed E-state index contributed by atoms with van der Waals surface area (Å²) in [4.78, 5) is 37.4. The van der Waals surface area contributed by atoms with Gasteiger partial charge in [-0.1, -0.05) is 168 Å². The largest absolute Gasteiger partial charge is 0.756 e. The molecule has 0 aromatic rings. The standard InChI is InChI=1S/C40H80NO8P/c1-6-8-10-12-14-16-18-20-22-24-26-28-30-32-39(42)46-36-38(37-48-50(44,45)47-35-34-41(3,4)5)49-40(43)33-31-29-27-25-23-21-19-17-15-13-11-9-7-2/h38H,6-37H2,1-5H3/t38-/m1/s1. The predicted octanol–water partition coefficient (Wildman–Crippen LogP) is 10.6. The van der Waals surface area contributed by atoms with Crippen molar-refractivity contribution in [2.45, 2.75) is 200 Å². The lowest BCUT2D eigenvalue weighted by Gasteiger charge is -2.28. The molecule has 9 nitrogen and oxygen atoms in total. The van der Waals surface area contributed by atoms with Crippen molar-refractivity contribution in [3.8, 4) is 0 Å². The second-order valence-corrected chi connectivity index (χ2v) is 16.8. The number of ether oxygens (including phenoxy) is 2. The summed E-state index contributed by atoms with van der Waals surface area (Å²) in [6.07, 6.45) is 31.2. The van der Waals surface area contributed by atoms with E-state index in [-0.39, 0.29) is 32.0 Å². The molecule has 0 aliphatic carbocycles. The molecule has 1 unspecified atom stereocenters. The van der Waals surface area contributed by atoms with Crippen molar-refractivity contribution in [3.05, 3.63) is 0 Å². The maximum atomic E-state index is 12.6. The van der Waals surface area contributed by atoms with E-state index >= 15 is 0 Å². The van der Waals surface area contributed by atoms with E-state index in [2.05, 4.69) is 13.8 Å². The van der Waals surface area contributed by atoms with Crippen LogP contribution in [-0.2, 0) is 32.7 Å². The third-order valence-corrected chi connectivity index (χ3v) is 10.1. The molecule has 50 heavy (non-hydrogen) atoms. The van der Waals surface area contributed by atoms with Gasteiger partial charge in [-0.2, -0.15) is 0 Å². The molecule has 0 amide bonds. The average Bonchev–Trinajstić information content (AvgIpc) is 3.06. The molecular weight excluding hydrogens is 653 g/mol. The van der Waals surface area contributed by atoms with E-state index in [0.29, 0.717) is 17.4 Å². The summed E-state index contributed by atoms with van der Waals surface area (Å²) in [7, 11) is 1.18. The number of carbonyl (C=O) groups excluding carboxylic acids is 2. The third kappa shape index (κ3) is 36.8. The van der Waals surface area contributed by atoms with E-state index in [1.807, 2.05) is 21.1 Å². The molecule has 10 heteroatoms. The Labute approximate surface area is 308 Å². The number of quaternary nitrogens is 1. The maximum Gasteiger partial charge on any atom is 0.306 e. The molecule has 0 aliphatic rings. The number of likely N-dealkylation sites (N-methyl/N-ethyl adjacent to an activating group) is 1. The lowest BCUT2D eigenvalue weighted by Crippen LogP contribution is -2.37. The molecule has 0 aliphatic heterocycles. The Morgan fingerprint density at radius 1 is 0.540 bits per heavy atom. The second-order valence-electron chi connectivity index (χ2n) is 15.4. The highest BCUT2D eigenvalue weighted by Crippen LogP contribution is 2.38. The van der Waals surface area contributed by atoms with Crippen LogP contribution in [0.4, 0.5) is 0 Å². The summed E-state index contributed by atoms with van der Waals surface area (Å²) in [6, 6.07) is 0. The first-order chi connectivity index (χ1) is 24.0. The fourth-order valence-electron chi connectivity index (χ4n) is 5.83. The van der Waals surface area contributed by atoms with Crippen LogP contribution in [0.15, 0.2) is 0 Å². The number of phosphoric ester groups is 1. The van der Waals surface area contributed by atoms with Gasteiger partial charge in [0.25, 0.3) is 7.82 Å². The van der Waals surface area contributed by atoms with Crippen molar-refractivity contribution in [1.29, 1.82) is 0 Å². The molecule has 0 aromatic carbocycles. The molecule has 0 aromatic heterocycles. The second kappa shape index (κ2) is 33.8. The minimum atomic E-state index is -4.61. The van der Waals surface area contributed by atoms with Crippen LogP contribution < -0.4 is 4.89 Å². The van der Waals surface area contributed by atoms with E-state index in [4.69, 9.17) is 18.5 Å². The molecule has 0 bridgehead atoms. The molecule has 0 radical (unpaired) electrons. The van der Waals surface area contributed by atoms with Gasteiger partial charge >= 0.3 is 11.9 Å². The number of phosphoric acid groups is 1. The van der Waals surface area contributed by atoms with Gasteiger partial charge in [-0.3, -0.25) is 14.2 Å². The van der Waals surface area contributed by atoms with Gasteiger partial charge in [0.15, 0.2) is 6.10 Å². The molecule has 298 valence electrons. The quantitative estimate of drug-likeness (QED) is 0.0267. The topological polar surface area (TPSA) is 111 Å². The van der Waals surface area contributed by atoms with E-state index < -0.39 is 26.5 Å². The van der Waals surface area contributed by atoms with Gasteiger partial charge in [0.2, 0.25) is 0 Å². The zero-order chi connectivity index (χ0) is 37.2. The molecule has 0 fully saturated rings. The first-order valence-electron chi connectivity index (χ1n) is 20.7. The number of hydrogen-bond donors (Lipinski definition) is 0. The Morgan fingerprint density at radius 3 is 1.28 bits per heavy atom. The van der Waals surface area contributed by atoms with Crippen LogP contribution in [0, 0.1) is 0 Å². The van der Waals surface area contributed by atoms with E-state index in [0.717, 1.165) is 32.1 Å². The fraction of sp³-hybridized carbons (Fsp3) is 0.950. The molecule has 0 rings (SSSR count). The van der Waals surface area contributed by atoms with Gasteiger partial charge in [-0.05, 0) is 12.8 Å². The minimum absolute atomic E-state index is 0.0259. The van der Waals surface area contributed by atoms with Gasteiger partial charge in [0, 0.05) is 12.8 Å². The fourth-order valence-corrected chi connectivity index (χ4v) is 6.56. The molecule has 0 heterocycles. The summed E-state index contributed by atoms with van der Waals surface area (Å²) in [5.74, 6) is -0.823. The summed E-state index contributed by atoms with van der Waals surface area (Å²) >= 11 is 0. The highest BCUT2D eigenvalue weighted by molar-refractivity contribution is 7.45. The van der Waals surface area contributed by atoms with Crippen LogP contribution in [0.25, 0.3) is 0 Å². The third-order valence-electron chi connectivity index (χ3n) is 9.13. The lowest BCUT2D eigenvalue weighted by atomic mass is 10.0. The average molecular weight is 734 g/mol. The predicted molar refractivity (Wildman–Crippen MR) is 204 cm³/mol. The number of rotatable bonds is 38. The number of unbranched alkanes of at least 4 members (excludes halogenated alkanes) is 24. The molecule has 0 saturated heterocycles. The Hall–Kier alpha value is -0.990. The zero-order valence-corrected chi connectivity index (χ0v) is 34.3. The number of hydrogen-bond acceptors (Lipinski definition) is 8. The van der Waals surface area contributed by atoms with Gasteiger partial charge in [0.1, 0.15) is 19.8 Å². The molecule has 0 spiro atoms. The van der Waals surface area contributed by atoms with Crippen LogP contribution in [0.2, 0.25) is 0 Å². The monoisotopic (exact) mass is 734 g/mol. The van der Waals surface area contributed by atoms with Crippen LogP contribution in [-0.4, -0.2) is 70.0 Å². The Morgan fingerprint density at radius 2 is 0.900 bits per heavy atom. The Bertz CT molecular complexity index is 835. The van der Waals surface area contributed by atoms with Crippen molar-refractivity contribution in [3.63, 3.8) is 0 Å². The van der Waals surface area contributed by atoms with Gasteiger partial charge < -0.3 is 27.9 Å². The SMILES string of the molecule is CCCCCCCCCCCCCCCC(=O)OC[C@H](COP(=O)([O-])OCC[N+](C)(C)C)OC(=O)CCCCCCCCCCCCCCC. The Kier molecular flexibility index (Phi) is 33.2. The number of esters is 2. The maximum absolute atomic E-state index is 12.6. The number of nitrogens with zero attached hydrogens (tertiary/aromatic N) is 1. The van der Waals surface area contributed by atoms with Crippen LogP contribution in [0.1, 0.15) is 194 Å². The van der Waals surface area contributed by atoms with Gasteiger partial charge in [0.05, 0.1) is 27.7 Å². The summed E-state index contributed by atoms with van der Waals surface area (Å²) in [5, 5.41) is 0. The lowest BCUT2D eigenvalue weighted by molar-refractivity contribution is -0.870. The normalized spacial score (nSPS) is 13.6. The van der Waals surface area contributed by atoms with Crippen molar-refractivity contribution < 1.29 is 42.1 Å². The smallest absolute Gasteiger partial charge is 0.306 e. The van der Waals surface area contributed by atoms with Crippen LogP contribution in [0.5, 0.6) is 0 Å². The van der Waals surface area contributed by atoms with Crippen molar-refractivity contribution in [1.82, 2.24) is 0 Å². The number of carbonyl (C=O) groups is 2. The molecular formula is C40H80NO8P. The van der Waals surface area contributed by atoms with E-state index in [1.165, 1.54) is 128 Å². The summed E-state index contributed by atoms with van der Waals surface area (Å²) in [6.45, 7) is 4.24. The van der Waals surface area contributed by atoms with Crippen molar-refractivity contribution in [2.24, 2.45) is 0 Å².